The lowest BCUT2D eigenvalue weighted by atomic mass is 10.1. The number of carbonyl (C=O) groups is 2. The molecule has 4 aromatic rings. The summed E-state index contributed by atoms with van der Waals surface area (Å²) in [6.07, 6.45) is 1.55. The quantitative estimate of drug-likeness (QED) is 0.336. The van der Waals surface area contributed by atoms with E-state index < -0.39 is 0 Å². The van der Waals surface area contributed by atoms with Crippen LogP contribution in [0.15, 0.2) is 77.1 Å². The molecule has 0 saturated carbocycles. The lowest BCUT2D eigenvalue weighted by Gasteiger charge is -2.16. The van der Waals surface area contributed by atoms with Crippen molar-refractivity contribution in [3.05, 3.63) is 89.5 Å². The van der Waals surface area contributed by atoms with Gasteiger partial charge < -0.3 is 10.2 Å². The van der Waals surface area contributed by atoms with Gasteiger partial charge in [0.25, 0.3) is 5.91 Å². The molecule has 7 heteroatoms. The van der Waals surface area contributed by atoms with Crippen LogP contribution in [0.5, 0.6) is 0 Å². The highest BCUT2D eigenvalue weighted by molar-refractivity contribution is 8.00. The monoisotopic (exact) mass is 473 g/mol. The molecule has 1 aromatic heterocycles. The first-order chi connectivity index (χ1) is 16.1. The summed E-state index contributed by atoms with van der Waals surface area (Å²) in [5.74, 6) is 0.861. The van der Waals surface area contributed by atoms with Crippen molar-refractivity contribution in [3.8, 4) is 0 Å². The highest BCUT2D eigenvalue weighted by Gasteiger charge is 2.20. The topological polar surface area (TPSA) is 62.3 Å². The third-order valence-corrected chi connectivity index (χ3v) is 7.83. The van der Waals surface area contributed by atoms with Crippen LogP contribution in [0.3, 0.4) is 0 Å². The van der Waals surface area contributed by atoms with Gasteiger partial charge in [0.05, 0.1) is 10.2 Å². The molecule has 1 aliphatic rings. The number of rotatable bonds is 7. The molecule has 0 atom stereocenters. The van der Waals surface area contributed by atoms with Crippen LogP contribution in [0.4, 0.5) is 5.69 Å². The van der Waals surface area contributed by atoms with Crippen molar-refractivity contribution in [1.29, 1.82) is 0 Å². The van der Waals surface area contributed by atoms with E-state index in [1.54, 1.807) is 23.1 Å². The molecule has 0 aliphatic carbocycles. The van der Waals surface area contributed by atoms with E-state index in [0.29, 0.717) is 18.5 Å². The molecule has 1 fully saturated rings. The molecule has 1 saturated heterocycles. The van der Waals surface area contributed by atoms with Gasteiger partial charge in [-0.1, -0.05) is 48.2 Å². The van der Waals surface area contributed by atoms with Gasteiger partial charge in [0.2, 0.25) is 5.91 Å². The zero-order valence-corrected chi connectivity index (χ0v) is 19.6. The van der Waals surface area contributed by atoms with Crippen molar-refractivity contribution in [2.45, 2.75) is 29.5 Å². The van der Waals surface area contributed by atoms with Gasteiger partial charge in [-0.25, -0.2) is 4.98 Å². The summed E-state index contributed by atoms with van der Waals surface area (Å²) in [6, 6.07) is 23.6. The van der Waals surface area contributed by atoms with Crippen LogP contribution in [0, 0.1) is 0 Å². The molecule has 33 heavy (non-hydrogen) atoms. The average molecular weight is 474 g/mol. The van der Waals surface area contributed by atoms with Gasteiger partial charge in [0.1, 0.15) is 0 Å². The van der Waals surface area contributed by atoms with Crippen LogP contribution in [0.2, 0.25) is 0 Å². The van der Waals surface area contributed by atoms with Crippen LogP contribution in [0.1, 0.15) is 34.3 Å². The summed E-state index contributed by atoms with van der Waals surface area (Å²) in [7, 11) is 0. The number of carbonyl (C=O) groups excluding carboxylic acids is 2. The SMILES string of the molecule is O=C(Nc1cccc(CN2CCCC2=O)c1)c1ccc(CSc2nc3ccccc3s2)cc1. The standard InChI is InChI=1S/C26H23N3O2S2/c30-24-9-4-14-29(24)16-19-5-3-6-21(15-19)27-25(31)20-12-10-18(11-13-20)17-32-26-28-22-7-1-2-8-23(22)33-26/h1-3,5-8,10-13,15H,4,9,14,16-17H2,(H,27,31). The maximum atomic E-state index is 12.7. The molecule has 2 amide bonds. The summed E-state index contributed by atoms with van der Waals surface area (Å²) in [4.78, 5) is 31.1. The number of likely N-dealkylation sites (tertiary alicyclic amines) is 1. The number of thiazole rings is 1. The van der Waals surface area contributed by atoms with E-state index in [4.69, 9.17) is 0 Å². The number of amides is 2. The number of nitrogens with one attached hydrogen (secondary N) is 1. The fourth-order valence-electron chi connectivity index (χ4n) is 3.85. The van der Waals surface area contributed by atoms with Crippen molar-refractivity contribution in [1.82, 2.24) is 9.88 Å². The molecular weight excluding hydrogens is 450 g/mol. The van der Waals surface area contributed by atoms with Crippen molar-refractivity contribution in [2.75, 3.05) is 11.9 Å². The van der Waals surface area contributed by atoms with Gasteiger partial charge in [0, 0.05) is 36.5 Å². The third kappa shape index (κ3) is 5.26. The molecule has 0 spiro atoms. The maximum Gasteiger partial charge on any atom is 0.255 e. The van der Waals surface area contributed by atoms with Crippen LogP contribution in [-0.4, -0.2) is 28.2 Å². The van der Waals surface area contributed by atoms with E-state index in [1.807, 2.05) is 71.6 Å². The Morgan fingerprint density at radius 3 is 2.67 bits per heavy atom. The molecule has 2 heterocycles. The first-order valence-corrected chi connectivity index (χ1v) is 12.7. The number of hydrogen-bond donors (Lipinski definition) is 1. The molecule has 0 bridgehead atoms. The van der Waals surface area contributed by atoms with Crippen molar-refractivity contribution in [3.63, 3.8) is 0 Å². The summed E-state index contributed by atoms with van der Waals surface area (Å²) in [5.41, 5.74) is 4.55. The summed E-state index contributed by atoms with van der Waals surface area (Å²) < 4.78 is 2.25. The molecule has 3 aromatic carbocycles. The Bertz CT molecular complexity index is 1270. The highest BCUT2D eigenvalue weighted by atomic mass is 32.2. The molecular formula is C26H23N3O2S2. The van der Waals surface area contributed by atoms with Crippen LogP contribution in [0.25, 0.3) is 10.2 Å². The Kier molecular flexibility index (Phi) is 6.41. The zero-order chi connectivity index (χ0) is 22.6. The van der Waals surface area contributed by atoms with E-state index in [-0.39, 0.29) is 11.8 Å². The summed E-state index contributed by atoms with van der Waals surface area (Å²) in [6.45, 7) is 1.39. The molecule has 1 N–H and O–H groups in total. The van der Waals surface area contributed by atoms with E-state index in [2.05, 4.69) is 16.4 Å². The molecule has 1 aliphatic heterocycles. The fraction of sp³-hybridized carbons (Fsp3) is 0.192. The number of nitrogens with zero attached hydrogens (tertiary/aromatic N) is 2. The van der Waals surface area contributed by atoms with E-state index in [1.165, 1.54) is 4.70 Å². The van der Waals surface area contributed by atoms with Gasteiger partial charge in [-0.3, -0.25) is 9.59 Å². The molecule has 5 nitrogen and oxygen atoms in total. The van der Waals surface area contributed by atoms with Crippen molar-refractivity contribution >= 4 is 50.8 Å². The summed E-state index contributed by atoms with van der Waals surface area (Å²) in [5, 5.41) is 2.97. The number of aromatic nitrogens is 1. The second kappa shape index (κ2) is 9.77. The summed E-state index contributed by atoms with van der Waals surface area (Å²) >= 11 is 3.41. The Labute approximate surface area is 200 Å². The van der Waals surface area contributed by atoms with Crippen molar-refractivity contribution < 1.29 is 9.59 Å². The number of hydrogen-bond acceptors (Lipinski definition) is 5. The number of anilines is 1. The zero-order valence-electron chi connectivity index (χ0n) is 18.0. The second-order valence-corrected chi connectivity index (χ2v) is 10.3. The molecule has 0 unspecified atom stereocenters. The first-order valence-electron chi connectivity index (χ1n) is 10.9. The van der Waals surface area contributed by atoms with E-state index in [9.17, 15) is 9.59 Å². The lowest BCUT2D eigenvalue weighted by molar-refractivity contribution is -0.128. The predicted octanol–water partition coefficient (Wildman–Crippen LogP) is 5.96. The Balaban J connectivity index is 1.18. The fourth-order valence-corrected chi connectivity index (χ4v) is 5.88. The van der Waals surface area contributed by atoms with Gasteiger partial charge in [-0.2, -0.15) is 0 Å². The van der Waals surface area contributed by atoms with E-state index >= 15 is 0 Å². The van der Waals surface area contributed by atoms with E-state index in [0.717, 1.165) is 45.4 Å². The first kappa shape index (κ1) is 21.7. The third-order valence-electron chi connectivity index (χ3n) is 5.58. The Hall–Kier alpha value is -3.16. The number of para-hydroxylation sites is 1. The van der Waals surface area contributed by atoms with Gasteiger partial charge >= 0.3 is 0 Å². The van der Waals surface area contributed by atoms with Gasteiger partial charge in [-0.15, -0.1) is 11.3 Å². The van der Waals surface area contributed by atoms with Crippen LogP contribution < -0.4 is 5.32 Å². The minimum atomic E-state index is -0.144. The molecule has 0 radical (unpaired) electrons. The minimum absolute atomic E-state index is 0.144. The second-order valence-electron chi connectivity index (χ2n) is 8.01. The number of thioether (sulfide) groups is 1. The molecule has 166 valence electrons. The van der Waals surface area contributed by atoms with Crippen molar-refractivity contribution in [2.24, 2.45) is 0 Å². The largest absolute Gasteiger partial charge is 0.338 e. The van der Waals surface area contributed by atoms with Crippen LogP contribution in [-0.2, 0) is 17.1 Å². The smallest absolute Gasteiger partial charge is 0.255 e. The number of benzene rings is 3. The average Bonchev–Trinajstić information content (AvgIpc) is 3.44. The lowest BCUT2D eigenvalue weighted by Crippen LogP contribution is -2.23. The molecule has 5 rings (SSSR count). The Morgan fingerprint density at radius 2 is 1.88 bits per heavy atom. The highest BCUT2D eigenvalue weighted by Crippen LogP contribution is 2.31. The Morgan fingerprint density at radius 1 is 1.03 bits per heavy atom. The maximum absolute atomic E-state index is 12.7. The normalized spacial score (nSPS) is 13.6. The van der Waals surface area contributed by atoms with Gasteiger partial charge in [-0.05, 0) is 53.9 Å². The number of fused-ring (bicyclic) bond motifs is 1. The van der Waals surface area contributed by atoms with Gasteiger partial charge in [0.15, 0.2) is 4.34 Å². The predicted molar refractivity (Wildman–Crippen MR) is 135 cm³/mol. The van der Waals surface area contributed by atoms with Crippen LogP contribution >= 0.6 is 23.1 Å². The minimum Gasteiger partial charge on any atom is -0.338 e.